The minimum Gasteiger partial charge on any atom is -0.496 e. The van der Waals surface area contributed by atoms with E-state index >= 15 is 0 Å². The highest BCUT2D eigenvalue weighted by molar-refractivity contribution is 5.33. The number of nitrogens with zero attached hydrogens (tertiary/aromatic N) is 1. The van der Waals surface area contributed by atoms with Crippen molar-refractivity contribution in [1.29, 1.82) is 0 Å². The van der Waals surface area contributed by atoms with Gasteiger partial charge in [-0.15, -0.1) is 0 Å². The molecule has 0 spiro atoms. The molecule has 3 heteroatoms. The largest absolute Gasteiger partial charge is 0.496 e. The van der Waals surface area contributed by atoms with Crippen molar-refractivity contribution < 1.29 is 4.74 Å². The lowest BCUT2D eigenvalue weighted by atomic mass is 9.97. The third kappa shape index (κ3) is 4.50. The van der Waals surface area contributed by atoms with Crippen LogP contribution in [0.15, 0.2) is 24.3 Å². The summed E-state index contributed by atoms with van der Waals surface area (Å²) in [5, 5.41) is 3.69. The van der Waals surface area contributed by atoms with Gasteiger partial charge in [0.25, 0.3) is 0 Å². The molecule has 0 saturated carbocycles. The molecular weight excluding hydrogens is 248 g/mol. The fraction of sp³-hybridized carbons (Fsp3) is 0.647. The van der Waals surface area contributed by atoms with Crippen LogP contribution in [0.4, 0.5) is 0 Å². The zero-order chi connectivity index (χ0) is 14.4. The van der Waals surface area contributed by atoms with Crippen LogP contribution in [0.1, 0.15) is 25.3 Å². The van der Waals surface area contributed by atoms with Crippen LogP contribution in [0.2, 0.25) is 0 Å². The molecule has 0 amide bonds. The van der Waals surface area contributed by atoms with Crippen molar-refractivity contribution in [3.8, 4) is 5.75 Å². The van der Waals surface area contributed by atoms with E-state index in [4.69, 9.17) is 4.74 Å². The number of likely N-dealkylation sites (tertiary alicyclic amines) is 1. The molecule has 2 atom stereocenters. The maximum atomic E-state index is 5.42. The number of hydrogen-bond donors (Lipinski definition) is 1. The number of benzene rings is 1. The van der Waals surface area contributed by atoms with Gasteiger partial charge in [-0.05, 0) is 63.9 Å². The van der Waals surface area contributed by atoms with Crippen LogP contribution in [0.3, 0.4) is 0 Å². The summed E-state index contributed by atoms with van der Waals surface area (Å²) < 4.78 is 5.42. The van der Waals surface area contributed by atoms with E-state index in [-0.39, 0.29) is 0 Å². The molecule has 2 rings (SSSR count). The summed E-state index contributed by atoms with van der Waals surface area (Å²) in [6.07, 6.45) is 3.72. The highest BCUT2D eigenvalue weighted by Crippen LogP contribution is 2.19. The number of hydrogen-bond acceptors (Lipinski definition) is 3. The molecule has 1 aliphatic rings. The predicted molar refractivity (Wildman–Crippen MR) is 84.4 cm³/mol. The first kappa shape index (κ1) is 15.3. The van der Waals surface area contributed by atoms with E-state index in [1.165, 1.54) is 31.5 Å². The van der Waals surface area contributed by atoms with Crippen molar-refractivity contribution in [2.75, 3.05) is 33.8 Å². The Morgan fingerprint density at radius 3 is 2.95 bits per heavy atom. The van der Waals surface area contributed by atoms with E-state index in [1.54, 1.807) is 7.11 Å². The second kappa shape index (κ2) is 7.65. The second-order valence-electron chi connectivity index (χ2n) is 6.10. The maximum absolute atomic E-state index is 5.42. The molecule has 1 N–H and O–H groups in total. The maximum Gasteiger partial charge on any atom is 0.122 e. The Morgan fingerprint density at radius 1 is 1.40 bits per heavy atom. The Labute approximate surface area is 123 Å². The van der Waals surface area contributed by atoms with Crippen molar-refractivity contribution >= 4 is 0 Å². The zero-order valence-electron chi connectivity index (χ0n) is 13.1. The number of methoxy groups -OCH3 is 1. The lowest BCUT2D eigenvalue weighted by Gasteiger charge is -2.30. The number of rotatable bonds is 6. The van der Waals surface area contributed by atoms with E-state index < -0.39 is 0 Å². The van der Waals surface area contributed by atoms with E-state index in [1.807, 2.05) is 12.1 Å². The molecule has 1 saturated heterocycles. The van der Waals surface area contributed by atoms with Crippen LogP contribution in [0, 0.1) is 5.92 Å². The number of piperidine rings is 1. The molecule has 20 heavy (non-hydrogen) atoms. The molecule has 1 heterocycles. The van der Waals surface area contributed by atoms with Gasteiger partial charge in [-0.1, -0.05) is 18.2 Å². The normalized spacial score (nSPS) is 21.6. The first-order valence-electron chi connectivity index (χ1n) is 7.73. The Bertz CT molecular complexity index is 408. The van der Waals surface area contributed by atoms with E-state index in [0.29, 0.717) is 6.04 Å². The number of ether oxygens (including phenoxy) is 1. The molecule has 3 nitrogen and oxygen atoms in total. The van der Waals surface area contributed by atoms with Crippen LogP contribution < -0.4 is 10.1 Å². The standard InChI is InChI=1S/C17H28N2O/c1-14(11-16-8-4-5-9-17(16)20-3)18-12-15-7-6-10-19(2)13-15/h4-5,8-9,14-15,18H,6-7,10-13H2,1-3H3/t14-,15-/m0/s1. The Morgan fingerprint density at radius 2 is 2.20 bits per heavy atom. The van der Waals surface area contributed by atoms with Crippen LogP contribution in [0.25, 0.3) is 0 Å². The van der Waals surface area contributed by atoms with Crippen LogP contribution >= 0.6 is 0 Å². The number of para-hydroxylation sites is 1. The fourth-order valence-electron chi connectivity index (χ4n) is 3.08. The van der Waals surface area contributed by atoms with Gasteiger partial charge in [0.05, 0.1) is 7.11 Å². The van der Waals surface area contributed by atoms with E-state index in [0.717, 1.165) is 24.6 Å². The Balaban J connectivity index is 1.78. The van der Waals surface area contributed by atoms with Crippen molar-refractivity contribution in [1.82, 2.24) is 10.2 Å². The lowest BCUT2D eigenvalue weighted by Crippen LogP contribution is -2.40. The van der Waals surface area contributed by atoms with Crippen LogP contribution in [0.5, 0.6) is 5.75 Å². The van der Waals surface area contributed by atoms with E-state index in [2.05, 4.69) is 36.3 Å². The molecule has 1 aliphatic heterocycles. The van der Waals surface area contributed by atoms with Gasteiger partial charge < -0.3 is 15.0 Å². The molecule has 1 fully saturated rings. The van der Waals surface area contributed by atoms with Gasteiger partial charge in [0.1, 0.15) is 5.75 Å². The zero-order valence-corrected chi connectivity index (χ0v) is 13.1. The highest BCUT2D eigenvalue weighted by atomic mass is 16.5. The van der Waals surface area contributed by atoms with Gasteiger partial charge in [-0.2, -0.15) is 0 Å². The molecule has 0 radical (unpaired) electrons. The van der Waals surface area contributed by atoms with Crippen molar-refractivity contribution in [3.05, 3.63) is 29.8 Å². The van der Waals surface area contributed by atoms with Crippen molar-refractivity contribution in [2.45, 2.75) is 32.2 Å². The topological polar surface area (TPSA) is 24.5 Å². The molecular formula is C17H28N2O. The molecule has 1 aromatic carbocycles. The summed E-state index contributed by atoms with van der Waals surface area (Å²) in [4.78, 5) is 2.45. The average molecular weight is 276 g/mol. The first-order valence-corrected chi connectivity index (χ1v) is 7.73. The van der Waals surface area contributed by atoms with Gasteiger partial charge >= 0.3 is 0 Å². The summed E-state index contributed by atoms with van der Waals surface area (Å²) in [5.41, 5.74) is 1.29. The molecule has 0 aliphatic carbocycles. The summed E-state index contributed by atoms with van der Waals surface area (Å²) >= 11 is 0. The monoisotopic (exact) mass is 276 g/mol. The highest BCUT2D eigenvalue weighted by Gasteiger charge is 2.17. The van der Waals surface area contributed by atoms with Crippen molar-refractivity contribution in [3.63, 3.8) is 0 Å². The van der Waals surface area contributed by atoms with E-state index in [9.17, 15) is 0 Å². The summed E-state index contributed by atoms with van der Waals surface area (Å²) in [6.45, 7) is 5.88. The smallest absolute Gasteiger partial charge is 0.122 e. The van der Waals surface area contributed by atoms with Gasteiger partial charge in [0.2, 0.25) is 0 Å². The van der Waals surface area contributed by atoms with Crippen molar-refractivity contribution in [2.24, 2.45) is 5.92 Å². The van der Waals surface area contributed by atoms with Crippen LogP contribution in [-0.4, -0.2) is 44.7 Å². The summed E-state index contributed by atoms with van der Waals surface area (Å²) in [7, 11) is 3.97. The van der Waals surface area contributed by atoms with Gasteiger partial charge in [0.15, 0.2) is 0 Å². The number of nitrogens with one attached hydrogen (secondary N) is 1. The first-order chi connectivity index (χ1) is 9.69. The molecule has 112 valence electrons. The summed E-state index contributed by atoms with van der Waals surface area (Å²) in [5.74, 6) is 1.80. The Kier molecular flexibility index (Phi) is 5.86. The molecule has 0 unspecified atom stereocenters. The molecule has 0 bridgehead atoms. The van der Waals surface area contributed by atoms with Gasteiger partial charge in [0, 0.05) is 12.6 Å². The minimum absolute atomic E-state index is 0.485. The third-order valence-corrected chi connectivity index (χ3v) is 4.20. The molecule has 0 aromatic heterocycles. The quantitative estimate of drug-likeness (QED) is 0.864. The average Bonchev–Trinajstić information content (AvgIpc) is 2.46. The van der Waals surface area contributed by atoms with Gasteiger partial charge in [-0.25, -0.2) is 0 Å². The fourth-order valence-corrected chi connectivity index (χ4v) is 3.08. The summed E-state index contributed by atoms with van der Waals surface area (Å²) in [6, 6.07) is 8.79. The lowest BCUT2D eigenvalue weighted by molar-refractivity contribution is 0.203. The SMILES string of the molecule is COc1ccccc1C[C@H](C)NC[C@@H]1CCCN(C)C1. The molecule has 1 aromatic rings. The Hall–Kier alpha value is -1.06. The predicted octanol–water partition coefficient (Wildman–Crippen LogP) is 2.56. The third-order valence-electron chi connectivity index (χ3n) is 4.20. The van der Waals surface area contributed by atoms with Gasteiger partial charge in [-0.3, -0.25) is 0 Å². The minimum atomic E-state index is 0.485. The van der Waals surface area contributed by atoms with Crippen LogP contribution in [-0.2, 0) is 6.42 Å². The second-order valence-corrected chi connectivity index (χ2v) is 6.10.